The van der Waals surface area contributed by atoms with E-state index in [1.54, 1.807) is 26.4 Å². The Balaban J connectivity index is 1.47. The maximum atomic E-state index is 13.3. The van der Waals surface area contributed by atoms with E-state index in [1.807, 2.05) is 48.2 Å². The van der Waals surface area contributed by atoms with Crippen molar-refractivity contribution in [3.63, 3.8) is 0 Å². The molecular formula is C25H30N4O5. The van der Waals surface area contributed by atoms with Crippen LogP contribution in [0.1, 0.15) is 43.4 Å². The Morgan fingerprint density at radius 2 is 1.91 bits per heavy atom. The fourth-order valence-corrected chi connectivity index (χ4v) is 4.84. The number of carbonyl (C=O) groups excluding carboxylic acids is 3. The number of benzene rings is 2. The van der Waals surface area contributed by atoms with Gasteiger partial charge in [0, 0.05) is 17.7 Å². The molecule has 2 aliphatic heterocycles. The predicted octanol–water partition coefficient (Wildman–Crippen LogP) is 2.73. The van der Waals surface area contributed by atoms with E-state index in [0.717, 1.165) is 30.0 Å². The van der Waals surface area contributed by atoms with Gasteiger partial charge >= 0.3 is 6.03 Å². The van der Waals surface area contributed by atoms with Crippen LogP contribution in [0.5, 0.6) is 11.5 Å². The molecule has 4 rings (SSSR count). The molecule has 34 heavy (non-hydrogen) atoms. The maximum Gasteiger partial charge on any atom is 0.344 e. The number of urea groups is 1. The molecule has 0 aromatic heterocycles. The molecule has 0 aliphatic carbocycles. The standard InChI is InChI=1S/C25H30N4O5/c1-4-25(17-9-6-5-7-10-17)23(31)29(24(32)26-25)27-22(30)16-28-14-8-11-20(28)19-13-12-18(33-2)15-21(19)34-3/h5-7,9-10,12-13,15,20H,4,8,11,14,16H2,1-3H3,(H,26,32)(H,27,30). The van der Waals surface area contributed by atoms with Gasteiger partial charge in [0.1, 0.15) is 17.0 Å². The average molecular weight is 467 g/mol. The third-order valence-corrected chi connectivity index (χ3v) is 6.64. The van der Waals surface area contributed by atoms with E-state index in [4.69, 9.17) is 9.47 Å². The lowest BCUT2D eigenvalue weighted by molar-refractivity contribution is -0.140. The van der Waals surface area contributed by atoms with E-state index in [9.17, 15) is 14.4 Å². The molecule has 2 aromatic carbocycles. The molecule has 2 fully saturated rings. The Morgan fingerprint density at radius 1 is 1.15 bits per heavy atom. The average Bonchev–Trinajstić information content (AvgIpc) is 3.42. The van der Waals surface area contributed by atoms with E-state index < -0.39 is 23.4 Å². The van der Waals surface area contributed by atoms with Gasteiger partial charge in [-0.3, -0.25) is 19.9 Å². The van der Waals surface area contributed by atoms with Gasteiger partial charge in [0.2, 0.25) is 0 Å². The fraction of sp³-hybridized carbons (Fsp3) is 0.400. The van der Waals surface area contributed by atoms with Crippen LogP contribution in [-0.4, -0.2) is 55.1 Å². The summed E-state index contributed by atoms with van der Waals surface area (Å²) in [4.78, 5) is 40.9. The zero-order valence-corrected chi connectivity index (χ0v) is 19.7. The molecule has 2 N–H and O–H groups in total. The summed E-state index contributed by atoms with van der Waals surface area (Å²) in [6, 6.07) is 14.1. The van der Waals surface area contributed by atoms with Crippen molar-refractivity contribution in [2.75, 3.05) is 27.3 Å². The maximum absolute atomic E-state index is 13.3. The van der Waals surface area contributed by atoms with Gasteiger partial charge in [-0.05, 0) is 37.4 Å². The molecule has 4 amide bonds. The second-order valence-corrected chi connectivity index (χ2v) is 8.47. The summed E-state index contributed by atoms with van der Waals surface area (Å²) in [5.41, 5.74) is 2.98. The van der Waals surface area contributed by atoms with Crippen LogP contribution in [0.4, 0.5) is 4.79 Å². The number of hydrazine groups is 1. The summed E-state index contributed by atoms with van der Waals surface area (Å²) in [5, 5.41) is 3.58. The molecule has 2 unspecified atom stereocenters. The molecule has 2 atom stereocenters. The summed E-state index contributed by atoms with van der Waals surface area (Å²) >= 11 is 0. The van der Waals surface area contributed by atoms with Gasteiger partial charge < -0.3 is 14.8 Å². The first-order valence-electron chi connectivity index (χ1n) is 11.4. The molecule has 180 valence electrons. The Morgan fingerprint density at radius 3 is 2.59 bits per heavy atom. The van der Waals surface area contributed by atoms with Crippen molar-refractivity contribution in [3.05, 3.63) is 59.7 Å². The number of ether oxygens (including phenoxy) is 2. The highest BCUT2D eigenvalue weighted by Gasteiger charge is 2.52. The van der Waals surface area contributed by atoms with Crippen LogP contribution in [0, 0.1) is 0 Å². The molecule has 9 heteroatoms. The van der Waals surface area contributed by atoms with Gasteiger partial charge in [0.05, 0.1) is 20.8 Å². The molecule has 2 aromatic rings. The summed E-state index contributed by atoms with van der Waals surface area (Å²) in [5.74, 6) is 0.470. The molecule has 0 spiro atoms. The number of nitrogens with zero attached hydrogens (tertiary/aromatic N) is 2. The number of nitrogens with one attached hydrogen (secondary N) is 2. The van der Waals surface area contributed by atoms with Crippen LogP contribution in [0.2, 0.25) is 0 Å². The van der Waals surface area contributed by atoms with Crippen molar-refractivity contribution in [3.8, 4) is 11.5 Å². The van der Waals surface area contributed by atoms with Crippen molar-refractivity contribution >= 4 is 17.8 Å². The Hall–Kier alpha value is -3.59. The fourth-order valence-electron chi connectivity index (χ4n) is 4.84. The van der Waals surface area contributed by atoms with Crippen molar-refractivity contribution < 1.29 is 23.9 Å². The second-order valence-electron chi connectivity index (χ2n) is 8.47. The van der Waals surface area contributed by atoms with Crippen LogP contribution in [-0.2, 0) is 15.1 Å². The summed E-state index contributed by atoms with van der Waals surface area (Å²) < 4.78 is 10.8. The first kappa shape index (κ1) is 23.6. The minimum Gasteiger partial charge on any atom is -0.497 e. The van der Waals surface area contributed by atoms with Crippen molar-refractivity contribution in [2.45, 2.75) is 37.8 Å². The molecule has 0 bridgehead atoms. The number of likely N-dealkylation sites (tertiary alicyclic amines) is 1. The van der Waals surface area contributed by atoms with E-state index in [-0.39, 0.29) is 12.6 Å². The van der Waals surface area contributed by atoms with Crippen LogP contribution < -0.4 is 20.2 Å². The first-order valence-corrected chi connectivity index (χ1v) is 11.4. The third kappa shape index (κ3) is 4.19. The smallest absolute Gasteiger partial charge is 0.344 e. The first-order chi connectivity index (χ1) is 16.4. The highest BCUT2D eigenvalue weighted by molar-refractivity contribution is 6.08. The lowest BCUT2D eigenvalue weighted by atomic mass is 9.87. The quantitative estimate of drug-likeness (QED) is 0.581. The minimum absolute atomic E-state index is 0.0197. The van der Waals surface area contributed by atoms with Gasteiger partial charge in [-0.15, -0.1) is 0 Å². The van der Waals surface area contributed by atoms with Gasteiger partial charge in [0.25, 0.3) is 11.8 Å². The second kappa shape index (κ2) is 9.72. The molecule has 2 heterocycles. The number of hydrogen-bond donors (Lipinski definition) is 2. The number of hydrogen-bond acceptors (Lipinski definition) is 6. The Bertz CT molecular complexity index is 1080. The summed E-state index contributed by atoms with van der Waals surface area (Å²) in [7, 11) is 3.20. The number of imide groups is 1. The number of amides is 4. The lowest BCUT2D eigenvalue weighted by Crippen LogP contribution is -2.51. The van der Waals surface area contributed by atoms with Gasteiger partial charge in [-0.1, -0.05) is 43.3 Å². The van der Waals surface area contributed by atoms with Crippen molar-refractivity contribution in [2.24, 2.45) is 0 Å². The van der Waals surface area contributed by atoms with E-state index in [2.05, 4.69) is 10.7 Å². The molecule has 0 radical (unpaired) electrons. The lowest BCUT2D eigenvalue weighted by Gasteiger charge is -2.27. The number of rotatable bonds is 8. The van der Waals surface area contributed by atoms with Crippen molar-refractivity contribution in [1.29, 1.82) is 0 Å². The zero-order valence-electron chi connectivity index (χ0n) is 19.7. The predicted molar refractivity (Wildman–Crippen MR) is 125 cm³/mol. The van der Waals surface area contributed by atoms with Gasteiger partial charge in [-0.25, -0.2) is 4.79 Å². The molecule has 9 nitrogen and oxygen atoms in total. The van der Waals surface area contributed by atoms with Crippen LogP contribution in [0.3, 0.4) is 0 Å². The van der Waals surface area contributed by atoms with Gasteiger partial charge in [0.15, 0.2) is 0 Å². The largest absolute Gasteiger partial charge is 0.497 e. The highest BCUT2D eigenvalue weighted by Crippen LogP contribution is 2.38. The molecule has 2 aliphatic rings. The van der Waals surface area contributed by atoms with Crippen LogP contribution in [0.15, 0.2) is 48.5 Å². The molecule has 0 saturated carbocycles. The Kier molecular flexibility index (Phi) is 6.74. The van der Waals surface area contributed by atoms with E-state index in [0.29, 0.717) is 23.5 Å². The van der Waals surface area contributed by atoms with Crippen LogP contribution in [0.25, 0.3) is 0 Å². The minimum atomic E-state index is -1.20. The molecule has 2 saturated heterocycles. The normalized spacial score (nSPS) is 22.6. The monoisotopic (exact) mass is 466 g/mol. The number of carbonyl (C=O) groups is 3. The summed E-state index contributed by atoms with van der Waals surface area (Å²) in [6.45, 7) is 2.59. The SMILES string of the molecule is CCC1(c2ccccc2)NC(=O)N(NC(=O)CN2CCCC2c2ccc(OC)cc2OC)C1=O. The zero-order chi connectivity index (χ0) is 24.3. The Labute approximate surface area is 199 Å². The topological polar surface area (TPSA) is 100 Å². The van der Waals surface area contributed by atoms with Crippen molar-refractivity contribution in [1.82, 2.24) is 20.7 Å². The third-order valence-electron chi connectivity index (χ3n) is 6.64. The molecular weight excluding hydrogens is 436 g/mol. The number of methoxy groups -OCH3 is 2. The highest BCUT2D eigenvalue weighted by atomic mass is 16.5. The van der Waals surface area contributed by atoms with Gasteiger partial charge in [-0.2, -0.15) is 5.01 Å². The van der Waals surface area contributed by atoms with E-state index >= 15 is 0 Å². The summed E-state index contributed by atoms with van der Waals surface area (Å²) in [6.07, 6.45) is 2.15. The van der Waals surface area contributed by atoms with Crippen LogP contribution >= 0.6 is 0 Å². The van der Waals surface area contributed by atoms with E-state index in [1.165, 1.54) is 0 Å².